The van der Waals surface area contributed by atoms with Crippen molar-refractivity contribution in [1.82, 2.24) is 15.1 Å². The Balaban J connectivity index is 2.52. The Hall–Kier alpha value is -0.650. The molecule has 0 aromatic rings. The van der Waals surface area contributed by atoms with Gasteiger partial charge in [-0.3, -0.25) is 14.6 Å². The van der Waals surface area contributed by atoms with Crippen LogP contribution < -0.4 is 5.32 Å². The van der Waals surface area contributed by atoms with Gasteiger partial charge in [0.2, 0.25) is 5.91 Å². The van der Waals surface area contributed by atoms with Crippen molar-refractivity contribution in [1.29, 1.82) is 0 Å². The summed E-state index contributed by atoms with van der Waals surface area (Å²) < 4.78 is 5.48. The largest absolute Gasteiger partial charge is 0.380 e. The second-order valence-electron chi connectivity index (χ2n) is 7.21. The van der Waals surface area contributed by atoms with Crippen molar-refractivity contribution in [3.63, 3.8) is 0 Å². The highest BCUT2D eigenvalue weighted by Crippen LogP contribution is 2.15. The number of nitrogens with one attached hydrogen (secondary N) is 1. The highest BCUT2D eigenvalue weighted by atomic mass is 16.5. The standard InChI is InChI=1S/C17H35N3O2/c1-7-15-13-20(10-9-19(15)11-12-22-8-2)14(3)16(21)18-17(4,5)6/h14-15H,7-13H2,1-6H3,(H,18,21). The Labute approximate surface area is 136 Å². The molecule has 0 bridgehead atoms. The molecule has 130 valence electrons. The molecule has 1 rings (SSSR count). The second-order valence-corrected chi connectivity index (χ2v) is 7.21. The van der Waals surface area contributed by atoms with Gasteiger partial charge in [-0.25, -0.2) is 0 Å². The predicted octanol–water partition coefficient (Wildman–Crippen LogP) is 1.72. The van der Waals surface area contributed by atoms with E-state index in [0.717, 1.165) is 45.8 Å². The molecule has 0 spiro atoms. The molecule has 22 heavy (non-hydrogen) atoms. The van der Waals surface area contributed by atoms with Crippen LogP contribution in [0.4, 0.5) is 0 Å². The van der Waals surface area contributed by atoms with Gasteiger partial charge in [-0.2, -0.15) is 0 Å². The minimum absolute atomic E-state index is 0.0673. The van der Waals surface area contributed by atoms with E-state index in [-0.39, 0.29) is 17.5 Å². The number of carbonyl (C=O) groups excluding carboxylic acids is 1. The molecule has 1 fully saturated rings. The van der Waals surface area contributed by atoms with Crippen molar-refractivity contribution in [2.75, 3.05) is 39.4 Å². The first kappa shape index (κ1) is 19.4. The minimum atomic E-state index is -0.172. The lowest BCUT2D eigenvalue weighted by molar-refractivity contribution is -0.128. The van der Waals surface area contributed by atoms with Crippen molar-refractivity contribution in [3.05, 3.63) is 0 Å². The number of ether oxygens (including phenoxy) is 1. The molecule has 5 nitrogen and oxygen atoms in total. The number of piperazine rings is 1. The summed E-state index contributed by atoms with van der Waals surface area (Å²) in [5.74, 6) is 0.130. The van der Waals surface area contributed by atoms with Crippen LogP contribution in [0.3, 0.4) is 0 Å². The topological polar surface area (TPSA) is 44.8 Å². The van der Waals surface area contributed by atoms with Crippen LogP contribution in [0.15, 0.2) is 0 Å². The molecular formula is C17H35N3O2. The summed E-state index contributed by atoms with van der Waals surface area (Å²) in [6.07, 6.45) is 1.11. The molecule has 1 N–H and O–H groups in total. The van der Waals surface area contributed by atoms with Crippen LogP contribution >= 0.6 is 0 Å². The molecule has 0 aromatic heterocycles. The molecule has 1 saturated heterocycles. The van der Waals surface area contributed by atoms with E-state index in [1.807, 2.05) is 34.6 Å². The van der Waals surface area contributed by atoms with Gasteiger partial charge in [0.25, 0.3) is 0 Å². The number of rotatable bonds is 7. The average Bonchev–Trinajstić information content (AvgIpc) is 2.45. The van der Waals surface area contributed by atoms with E-state index in [9.17, 15) is 4.79 Å². The Morgan fingerprint density at radius 1 is 1.32 bits per heavy atom. The van der Waals surface area contributed by atoms with Gasteiger partial charge in [0.05, 0.1) is 12.6 Å². The summed E-state index contributed by atoms with van der Waals surface area (Å²) in [5.41, 5.74) is -0.172. The van der Waals surface area contributed by atoms with Crippen LogP contribution in [0.2, 0.25) is 0 Å². The van der Waals surface area contributed by atoms with Crippen LogP contribution in [-0.2, 0) is 9.53 Å². The smallest absolute Gasteiger partial charge is 0.237 e. The molecule has 0 aromatic carbocycles. The zero-order valence-electron chi connectivity index (χ0n) is 15.3. The van der Waals surface area contributed by atoms with E-state index in [1.165, 1.54) is 0 Å². The zero-order chi connectivity index (χ0) is 16.8. The van der Waals surface area contributed by atoms with Gasteiger partial charge in [0, 0.05) is 44.4 Å². The van der Waals surface area contributed by atoms with E-state index in [2.05, 4.69) is 22.0 Å². The van der Waals surface area contributed by atoms with Gasteiger partial charge >= 0.3 is 0 Å². The number of hydrogen-bond acceptors (Lipinski definition) is 4. The molecule has 0 saturated carbocycles. The number of hydrogen-bond donors (Lipinski definition) is 1. The quantitative estimate of drug-likeness (QED) is 0.727. The lowest BCUT2D eigenvalue weighted by Crippen LogP contribution is -2.59. The number of amides is 1. The molecule has 2 unspecified atom stereocenters. The van der Waals surface area contributed by atoms with Crippen LogP contribution in [0.25, 0.3) is 0 Å². The number of carbonyl (C=O) groups is 1. The molecule has 5 heteroatoms. The van der Waals surface area contributed by atoms with E-state index in [0.29, 0.717) is 6.04 Å². The maximum atomic E-state index is 12.4. The Kier molecular flexibility index (Phi) is 7.80. The van der Waals surface area contributed by atoms with Gasteiger partial charge in [0.1, 0.15) is 0 Å². The fourth-order valence-corrected chi connectivity index (χ4v) is 2.92. The first-order valence-electron chi connectivity index (χ1n) is 8.66. The summed E-state index contributed by atoms with van der Waals surface area (Å²) in [6, 6.07) is 0.446. The SMILES string of the molecule is CCOCCN1CCN(C(C)C(=O)NC(C)(C)C)CC1CC. The van der Waals surface area contributed by atoms with Crippen LogP contribution in [0.1, 0.15) is 48.0 Å². The fraction of sp³-hybridized carbons (Fsp3) is 0.941. The normalized spacial score (nSPS) is 22.5. The first-order chi connectivity index (χ1) is 10.3. The van der Waals surface area contributed by atoms with Gasteiger partial charge in [-0.1, -0.05) is 6.92 Å². The first-order valence-corrected chi connectivity index (χ1v) is 8.66. The van der Waals surface area contributed by atoms with Crippen molar-refractivity contribution < 1.29 is 9.53 Å². The third kappa shape index (κ3) is 6.23. The van der Waals surface area contributed by atoms with Crippen LogP contribution in [0.5, 0.6) is 0 Å². The molecule has 2 atom stereocenters. The van der Waals surface area contributed by atoms with E-state index < -0.39 is 0 Å². The van der Waals surface area contributed by atoms with Gasteiger partial charge in [-0.15, -0.1) is 0 Å². The monoisotopic (exact) mass is 313 g/mol. The summed E-state index contributed by atoms with van der Waals surface area (Å²) in [5, 5.41) is 3.09. The summed E-state index contributed by atoms with van der Waals surface area (Å²) in [7, 11) is 0. The molecule has 1 aliphatic heterocycles. The van der Waals surface area contributed by atoms with Crippen LogP contribution in [0, 0.1) is 0 Å². The van der Waals surface area contributed by atoms with Crippen molar-refractivity contribution in [3.8, 4) is 0 Å². The zero-order valence-corrected chi connectivity index (χ0v) is 15.3. The predicted molar refractivity (Wildman–Crippen MR) is 91.1 cm³/mol. The lowest BCUT2D eigenvalue weighted by Gasteiger charge is -2.43. The molecule has 1 amide bonds. The van der Waals surface area contributed by atoms with Crippen LogP contribution in [-0.4, -0.2) is 72.7 Å². The van der Waals surface area contributed by atoms with Gasteiger partial charge < -0.3 is 10.1 Å². The third-order valence-electron chi connectivity index (χ3n) is 4.26. The van der Waals surface area contributed by atoms with E-state index in [1.54, 1.807) is 0 Å². The molecule has 1 heterocycles. The molecule has 0 aliphatic carbocycles. The number of nitrogens with zero attached hydrogens (tertiary/aromatic N) is 2. The fourth-order valence-electron chi connectivity index (χ4n) is 2.92. The van der Waals surface area contributed by atoms with E-state index in [4.69, 9.17) is 4.74 Å². The van der Waals surface area contributed by atoms with Gasteiger partial charge in [-0.05, 0) is 41.0 Å². The third-order valence-corrected chi connectivity index (χ3v) is 4.26. The van der Waals surface area contributed by atoms with Crippen molar-refractivity contribution in [2.24, 2.45) is 0 Å². The second kappa shape index (κ2) is 8.85. The minimum Gasteiger partial charge on any atom is -0.380 e. The lowest BCUT2D eigenvalue weighted by atomic mass is 10.1. The Morgan fingerprint density at radius 2 is 2.00 bits per heavy atom. The van der Waals surface area contributed by atoms with Crippen molar-refractivity contribution in [2.45, 2.75) is 65.6 Å². The Morgan fingerprint density at radius 3 is 2.55 bits per heavy atom. The highest BCUT2D eigenvalue weighted by molar-refractivity contribution is 5.81. The summed E-state index contributed by atoms with van der Waals surface area (Å²) >= 11 is 0. The maximum Gasteiger partial charge on any atom is 0.237 e. The maximum absolute atomic E-state index is 12.4. The van der Waals surface area contributed by atoms with Gasteiger partial charge in [0.15, 0.2) is 0 Å². The average molecular weight is 313 g/mol. The summed E-state index contributed by atoms with van der Waals surface area (Å²) in [4.78, 5) is 17.2. The highest BCUT2D eigenvalue weighted by Gasteiger charge is 2.31. The van der Waals surface area contributed by atoms with E-state index >= 15 is 0 Å². The molecule has 0 radical (unpaired) electrons. The molecular weight excluding hydrogens is 278 g/mol. The summed E-state index contributed by atoms with van der Waals surface area (Å²) in [6.45, 7) is 17.8. The van der Waals surface area contributed by atoms with Crippen molar-refractivity contribution >= 4 is 5.91 Å². The molecule has 1 aliphatic rings. The Bertz CT molecular complexity index is 341.